The Labute approximate surface area is 156 Å². The quantitative estimate of drug-likeness (QED) is 0.692. The van der Waals surface area contributed by atoms with Gasteiger partial charge in [0.2, 0.25) is 11.1 Å². The van der Waals surface area contributed by atoms with Crippen LogP contribution >= 0.6 is 0 Å². The van der Waals surface area contributed by atoms with Crippen molar-refractivity contribution in [2.24, 2.45) is 7.05 Å². The van der Waals surface area contributed by atoms with Crippen molar-refractivity contribution in [3.05, 3.63) is 48.7 Å². The van der Waals surface area contributed by atoms with Crippen LogP contribution in [0.25, 0.3) is 11.1 Å². The smallest absolute Gasteiger partial charge is 0.295 e. The molecule has 140 valence electrons. The molecule has 0 aliphatic carbocycles. The molecular weight excluding hydrogens is 368 g/mol. The van der Waals surface area contributed by atoms with Gasteiger partial charge in [-0.15, -0.1) is 0 Å². The molecule has 0 atom stereocenters. The highest BCUT2D eigenvalue weighted by molar-refractivity contribution is 7.92. The minimum atomic E-state index is -3.85. The molecule has 3 heterocycles. The van der Waals surface area contributed by atoms with Gasteiger partial charge in [0.05, 0.1) is 11.4 Å². The minimum absolute atomic E-state index is 0.0934. The van der Waals surface area contributed by atoms with E-state index in [4.69, 9.17) is 0 Å². The number of aryl methyl sites for hydroxylation is 2. The van der Waals surface area contributed by atoms with Gasteiger partial charge in [0.15, 0.2) is 0 Å². The standard InChI is InChI=1S/C17H18N6O3S/c1-11-15(22-27(25,26)17-19-6-7-23(17)3)8-14(10-20-11)13-4-5-18-16(9-13)21-12(2)24/h4-10,22H,1-3H3,(H,18,21,24). The van der Waals surface area contributed by atoms with Crippen LogP contribution in [0.3, 0.4) is 0 Å². The van der Waals surface area contributed by atoms with Crippen molar-refractivity contribution < 1.29 is 13.2 Å². The first-order valence-electron chi connectivity index (χ1n) is 7.97. The van der Waals surface area contributed by atoms with Gasteiger partial charge in [-0.1, -0.05) is 0 Å². The third kappa shape index (κ3) is 4.11. The Balaban J connectivity index is 1.96. The lowest BCUT2D eigenvalue weighted by atomic mass is 10.1. The number of anilines is 2. The molecule has 0 radical (unpaired) electrons. The van der Waals surface area contributed by atoms with E-state index in [0.717, 1.165) is 5.56 Å². The summed E-state index contributed by atoms with van der Waals surface area (Å²) in [5.74, 6) is 0.168. The zero-order valence-electron chi connectivity index (χ0n) is 15.0. The maximum absolute atomic E-state index is 12.6. The summed E-state index contributed by atoms with van der Waals surface area (Å²) in [5, 5.41) is 2.52. The second-order valence-corrected chi connectivity index (χ2v) is 7.47. The molecule has 0 aromatic carbocycles. The highest BCUT2D eigenvalue weighted by atomic mass is 32.2. The van der Waals surface area contributed by atoms with Crippen molar-refractivity contribution in [1.29, 1.82) is 0 Å². The lowest BCUT2D eigenvalue weighted by Gasteiger charge is -2.12. The van der Waals surface area contributed by atoms with Crippen LogP contribution in [0.4, 0.5) is 11.5 Å². The van der Waals surface area contributed by atoms with Gasteiger partial charge < -0.3 is 9.88 Å². The average Bonchev–Trinajstić information content (AvgIpc) is 3.03. The largest absolute Gasteiger partial charge is 0.323 e. The summed E-state index contributed by atoms with van der Waals surface area (Å²) in [6.07, 6.45) is 6.15. The van der Waals surface area contributed by atoms with Crippen LogP contribution in [-0.2, 0) is 21.9 Å². The maximum atomic E-state index is 12.6. The summed E-state index contributed by atoms with van der Waals surface area (Å²) < 4.78 is 29.1. The van der Waals surface area contributed by atoms with E-state index in [2.05, 4.69) is 25.0 Å². The molecule has 3 aromatic heterocycles. The van der Waals surface area contributed by atoms with Crippen molar-refractivity contribution in [2.75, 3.05) is 10.0 Å². The molecule has 0 bridgehead atoms. The van der Waals surface area contributed by atoms with Crippen LogP contribution in [0.2, 0.25) is 0 Å². The molecule has 10 heteroatoms. The number of hydrogen-bond acceptors (Lipinski definition) is 6. The van der Waals surface area contributed by atoms with Gasteiger partial charge in [0.25, 0.3) is 10.0 Å². The summed E-state index contributed by atoms with van der Waals surface area (Å²) in [6.45, 7) is 3.10. The fraction of sp³-hybridized carbons (Fsp3) is 0.176. The van der Waals surface area contributed by atoms with Gasteiger partial charge >= 0.3 is 0 Å². The number of hydrogen-bond donors (Lipinski definition) is 2. The fourth-order valence-electron chi connectivity index (χ4n) is 2.45. The van der Waals surface area contributed by atoms with E-state index >= 15 is 0 Å². The average molecular weight is 386 g/mol. The number of nitrogens with one attached hydrogen (secondary N) is 2. The van der Waals surface area contributed by atoms with E-state index in [0.29, 0.717) is 22.8 Å². The summed E-state index contributed by atoms with van der Waals surface area (Å²) in [4.78, 5) is 23.4. The Bertz CT molecular complexity index is 1110. The van der Waals surface area contributed by atoms with Gasteiger partial charge in [-0.05, 0) is 30.7 Å². The van der Waals surface area contributed by atoms with E-state index in [1.165, 1.54) is 17.7 Å². The SMILES string of the molecule is CC(=O)Nc1cc(-c2cnc(C)c(NS(=O)(=O)c3nccn3C)c2)ccn1. The Morgan fingerprint density at radius 2 is 1.89 bits per heavy atom. The fourth-order valence-corrected chi connectivity index (χ4v) is 3.68. The van der Waals surface area contributed by atoms with Crippen LogP contribution in [0, 0.1) is 6.92 Å². The third-order valence-corrected chi connectivity index (χ3v) is 5.11. The van der Waals surface area contributed by atoms with Gasteiger partial charge in [-0.3, -0.25) is 14.5 Å². The predicted molar refractivity (Wildman–Crippen MR) is 101 cm³/mol. The summed E-state index contributed by atoms with van der Waals surface area (Å²) >= 11 is 0. The Kier molecular flexibility index (Phi) is 4.91. The Hall–Kier alpha value is -3.27. The molecule has 9 nitrogen and oxygen atoms in total. The molecule has 0 saturated carbocycles. The monoisotopic (exact) mass is 386 g/mol. The topological polar surface area (TPSA) is 119 Å². The van der Waals surface area contributed by atoms with Crippen molar-refractivity contribution in [3.8, 4) is 11.1 Å². The number of amides is 1. The normalized spacial score (nSPS) is 11.2. The molecule has 27 heavy (non-hydrogen) atoms. The molecule has 0 aliphatic rings. The number of imidazole rings is 1. The number of nitrogens with zero attached hydrogens (tertiary/aromatic N) is 4. The minimum Gasteiger partial charge on any atom is -0.323 e. The highest BCUT2D eigenvalue weighted by Gasteiger charge is 2.20. The van der Waals surface area contributed by atoms with Gasteiger partial charge in [0.1, 0.15) is 5.82 Å². The number of aromatic nitrogens is 4. The number of carbonyl (C=O) groups excluding carboxylic acids is 1. The van der Waals surface area contributed by atoms with Crippen molar-refractivity contribution in [1.82, 2.24) is 19.5 Å². The van der Waals surface area contributed by atoms with Crippen molar-refractivity contribution in [2.45, 2.75) is 19.0 Å². The zero-order chi connectivity index (χ0) is 19.6. The predicted octanol–water partition coefficient (Wildman–Crippen LogP) is 1.94. The molecule has 1 amide bonds. The Morgan fingerprint density at radius 1 is 1.11 bits per heavy atom. The van der Waals surface area contributed by atoms with E-state index in [-0.39, 0.29) is 11.1 Å². The lowest BCUT2D eigenvalue weighted by molar-refractivity contribution is -0.114. The molecule has 3 rings (SSSR count). The van der Waals surface area contributed by atoms with E-state index in [1.807, 2.05) is 0 Å². The molecule has 0 unspecified atom stereocenters. The number of rotatable bonds is 5. The molecular formula is C17H18N6O3S. The van der Waals surface area contributed by atoms with Crippen molar-refractivity contribution >= 4 is 27.4 Å². The molecule has 0 saturated heterocycles. The van der Waals surface area contributed by atoms with Crippen LogP contribution in [-0.4, -0.2) is 33.8 Å². The molecule has 0 aliphatic heterocycles. The van der Waals surface area contributed by atoms with Gasteiger partial charge in [-0.25, -0.2) is 9.97 Å². The van der Waals surface area contributed by atoms with E-state index < -0.39 is 10.0 Å². The first-order valence-corrected chi connectivity index (χ1v) is 9.45. The zero-order valence-corrected chi connectivity index (χ0v) is 15.8. The summed E-state index contributed by atoms with van der Waals surface area (Å²) in [7, 11) is -2.25. The van der Waals surface area contributed by atoms with E-state index in [1.54, 1.807) is 50.8 Å². The van der Waals surface area contributed by atoms with Crippen LogP contribution in [0.5, 0.6) is 0 Å². The Morgan fingerprint density at radius 3 is 2.56 bits per heavy atom. The number of sulfonamides is 1. The molecule has 0 fully saturated rings. The summed E-state index contributed by atoms with van der Waals surface area (Å²) in [5.41, 5.74) is 2.27. The maximum Gasteiger partial charge on any atom is 0.295 e. The van der Waals surface area contributed by atoms with Crippen LogP contribution in [0.1, 0.15) is 12.6 Å². The van der Waals surface area contributed by atoms with Gasteiger partial charge in [-0.2, -0.15) is 8.42 Å². The molecule has 2 N–H and O–H groups in total. The van der Waals surface area contributed by atoms with Gasteiger partial charge in [0, 0.05) is 44.3 Å². The van der Waals surface area contributed by atoms with Crippen molar-refractivity contribution in [3.63, 3.8) is 0 Å². The van der Waals surface area contributed by atoms with Crippen LogP contribution in [0.15, 0.2) is 48.1 Å². The first kappa shape index (κ1) is 18.5. The highest BCUT2D eigenvalue weighted by Crippen LogP contribution is 2.26. The second-order valence-electron chi connectivity index (χ2n) is 5.89. The molecule has 0 spiro atoms. The third-order valence-electron chi connectivity index (χ3n) is 3.75. The first-order chi connectivity index (χ1) is 12.8. The number of pyridine rings is 2. The lowest BCUT2D eigenvalue weighted by Crippen LogP contribution is -2.18. The van der Waals surface area contributed by atoms with E-state index in [9.17, 15) is 13.2 Å². The number of carbonyl (C=O) groups is 1. The van der Waals surface area contributed by atoms with Crippen LogP contribution < -0.4 is 10.0 Å². The summed E-state index contributed by atoms with van der Waals surface area (Å²) in [6, 6.07) is 5.11. The molecule has 3 aromatic rings. The second kappa shape index (κ2) is 7.16.